The number of hydrogen-bond donors (Lipinski definition) is 10. The van der Waals surface area contributed by atoms with E-state index in [0.717, 1.165) is 6.42 Å². The average molecular weight is 564 g/mol. The largest absolute Gasteiger partial charge is 0.396 e. The molecule has 9 unspecified atom stereocenters. The van der Waals surface area contributed by atoms with Crippen LogP contribution in [0.15, 0.2) is 0 Å². The van der Waals surface area contributed by atoms with Crippen molar-refractivity contribution in [2.75, 3.05) is 19.7 Å². The second-order valence-electron chi connectivity index (χ2n) is 11.6. The molecule has 0 saturated heterocycles. The highest BCUT2D eigenvalue weighted by atomic mass is 16.5. The van der Waals surface area contributed by atoms with E-state index >= 15 is 0 Å². The molecule has 14 N–H and O–H groups in total. The van der Waals surface area contributed by atoms with Gasteiger partial charge in [0.15, 0.2) is 0 Å². The van der Waals surface area contributed by atoms with E-state index in [1.165, 1.54) is 0 Å². The van der Waals surface area contributed by atoms with Gasteiger partial charge >= 0.3 is 0 Å². The van der Waals surface area contributed by atoms with Crippen LogP contribution in [0.4, 0.5) is 0 Å². The topological polar surface area (TPSA) is 253 Å². The molecule has 1 amide bonds. The molecule has 230 valence electrons. The summed E-state index contributed by atoms with van der Waals surface area (Å²) in [6, 6.07) is -2.59. The Bertz CT molecular complexity index is 730. The Morgan fingerprint density at radius 1 is 1.05 bits per heavy atom. The van der Waals surface area contributed by atoms with Crippen LogP contribution < -0.4 is 28.3 Å². The first-order valence-corrected chi connectivity index (χ1v) is 14.3. The second kappa shape index (κ2) is 15.9. The molecule has 0 spiro atoms. The molecule has 2 rings (SSSR count). The molecule has 13 heteroatoms. The Balaban J connectivity index is 2.33. The molecule has 13 nitrogen and oxygen atoms in total. The van der Waals surface area contributed by atoms with Crippen molar-refractivity contribution in [1.82, 2.24) is 5.32 Å². The molecular weight excluding hydrogens is 510 g/mol. The summed E-state index contributed by atoms with van der Waals surface area (Å²) in [4.78, 5) is 12.7. The van der Waals surface area contributed by atoms with Crippen molar-refractivity contribution < 1.29 is 39.8 Å². The maximum absolute atomic E-state index is 12.7. The minimum absolute atomic E-state index is 0.0481. The van der Waals surface area contributed by atoms with Crippen LogP contribution in [0, 0.1) is 17.8 Å². The van der Waals surface area contributed by atoms with Gasteiger partial charge in [-0.05, 0) is 50.6 Å². The lowest BCUT2D eigenvalue weighted by Gasteiger charge is -2.48. The maximum atomic E-state index is 12.7. The molecular formula is C26H53N5O8. The van der Waals surface area contributed by atoms with Crippen molar-refractivity contribution in [3.63, 3.8) is 0 Å². The minimum Gasteiger partial charge on any atom is -0.396 e. The van der Waals surface area contributed by atoms with Gasteiger partial charge < -0.3 is 63.3 Å². The fourth-order valence-electron chi connectivity index (χ4n) is 5.61. The summed E-state index contributed by atoms with van der Waals surface area (Å²) in [5.41, 5.74) is 23.9. The number of hydrogen-bond acceptors (Lipinski definition) is 12. The number of carbonyl (C=O) groups excluding carboxylic acids is 1. The number of rotatable bonds is 14. The van der Waals surface area contributed by atoms with Crippen molar-refractivity contribution >= 4 is 5.91 Å². The number of aliphatic hydroxyl groups excluding tert-OH is 5. The smallest absolute Gasteiger partial charge is 0.249 e. The quantitative estimate of drug-likeness (QED) is 0.101. The van der Waals surface area contributed by atoms with Gasteiger partial charge in [-0.3, -0.25) is 4.79 Å². The lowest BCUT2D eigenvalue weighted by Crippen LogP contribution is -2.67. The summed E-state index contributed by atoms with van der Waals surface area (Å²) < 4.78 is 12.6. The van der Waals surface area contributed by atoms with Crippen molar-refractivity contribution in [1.29, 1.82) is 0 Å². The molecule has 0 aromatic rings. The molecule has 39 heavy (non-hydrogen) atoms. The highest BCUT2D eigenvalue weighted by Crippen LogP contribution is 2.33. The summed E-state index contributed by atoms with van der Waals surface area (Å²) in [5.74, 6) is -0.983. The van der Waals surface area contributed by atoms with E-state index < -0.39 is 72.7 Å². The van der Waals surface area contributed by atoms with Gasteiger partial charge in [0.2, 0.25) is 5.91 Å². The molecule has 2 fully saturated rings. The van der Waals surface area contributed by atoms with Gasteiger partial charge in [0, 0.05) is 18.6 Å². The third kappa shape index (κ3) is 8.76. The Labute approximate surface area is 231 Å². The van der Waals surface area contributed by atoms with E-state index in [9.17, 15) is 30.3 Å². The first kappa shape index (κ1) is 34.2. The SMILES string of the molecule is CCC(CN)CC(OC1C(N)C[C@H](NC(=O)C(O)CCN)C(OC2CC(CO)[C@H](O)C(N)[C@@H]2O)[C@H]1O)C(C)C. The summed E-state index contributed by atoms with van der Waals surface area (Å²) in [6.45, 7) is 6.34. The van der Waals surface area contributed by atoms with Crippen molar-refractivity contribution in [3.8, 4) is 0 Å². The summed E-state index contributed by atoms with van der Waals surface area (Å²) in [5, 5.41) is 55.2. The minimum atomic E-state index is -1.35. The van der Waals surface area contributed by atoms with Crippen LogP contribution in [-0.2, 0) is 14.3 Å². The van der Waals surface area contributed by atoms with E-state index in [-0.39, 0.29) is 50.4 Å². The number of nitrogens with one attached hydrogen (secondary N) is 1. The fourth-order valence-corrected chi connectivity index (χ4v) is 5.61. The Morgan fingerprint density at radius 3 is 2.26 bits per heavy atom. The van der Waals surface area contributed by atoms with Crippen LogP contribution in [0.1, 0.15) is 52.9 Å². The molecule has 0 radical (unpaired) electrons. The number of amides is 1. The van der Waals surface area contributed by atoms with Crippen LogP contribution >= 0.6 is 0 Å². The van der Waals surface area contributed by atoms with Gasteiger partial charge in [-0.25, -0.2) is 0 Å². The lowest BCUT2D eigenvalue weighted by atomic mass is 9.79. The Morgan fingerprint density at radius 2 is 1.72 bits per heavy atom. The van der Waals surface area contributed by atoms with Crippen LogP contribution in [0.5, 0.6) is 0 Å². The van der Waals surface area contributed by atoms with Crippen molar-refractivity contribution in [3.05, 3.63) is 0 Å². The molecule has 2 saturated carbocycles. The highest BCUT2D eigenvalue weighted by Gasteiger charge is 2.50. The molecule has 13 atom stereocenters. The van der Waals surface area contributed by atoms with Crippen LogP contribution in [0.2, 0.25) is 0 Å². The molecule has 2 aliphatic rings. The number of carbonyl (C=O) groups is 1. The van der Waals surface area contributed by atoms with E-state index in [1.807, 2.05) is 13.8 Å². The summed E-state index contributed by atoms with van der Waals surface area (Å²) in [6.07, 6.45) is -6.38. The second-order valence-corrected chi connectivity index (χ2v) is 11.6. The van der Waals surface area contributed by atoms with Gasteiger partial charge in [-0.15, -0.1) is 0 Å². The van der Waals surface area contributed by atoms with Crippen LogP contribution in [-0.4, -0.2) is 118 Å². The van der Waals surface area contributed by atoms with E-state index in [1.54, 1.807) is 0 Å². The zero-order valence-electron chi connectivity index (χ0n) is 23.5. The van der Waals surface area contributed by atoms with E-state index in [4.69, 9.17) is 32.4 Å². The highest BCUT2D eigenvalue weighted by molar-refractivity contribution is 5.80. The molecule has 2 aliphatic carbocycles. The standard InChI is InChI=1S/C26H53N5O8/c1-4-13(10-28)7-18(12(2)3)38-24-15(29)9-16(31-26(37)17(33)5-6-27)25(23(24)36)39-19-8-14(11-32)21(34)20(30)22(19)35/h12-25,32-36H,4-11,27-30H2,1-3H3,(H,31,37)/t13?,14?,15?,16-,17?,18?,19?,20?,21-,22+,23-,24?,25?/m0/s1. The Hall–Kier alpha value is -0.970. The van der Waals surface area contributed by atoms with E-state index in [2.05, 4.69) is 12.2 Å². The number of aliphatic hydroxyl groups is 5. The Kier molecular flexibility index (Phi) is 13.9. The lowest BCUT2D eigenvalue weighted by molar-refractivity contribution is -0.213. The van der Waals surface area contributed by atoms with Gasteiger partial charge in [0.25, 0.3) is 0 Å². The van der Waals surface area contributed by atoms with E-state index in [0.29, 0.717) is 13.0 Å². The molecule has 0 aliphatic heterocycles. The molecule has 0 heterocycles. The normalized spacial score (nSPS) is 37.9. The predicted molar refractivity (Wildman–Crippen MR) is 145 cm³/mol. The van der Waals surface area contributed by atoms with Gasteiger partial charge in [0.1, 0.15) is 24.4 Å². The first-order chi connectivity index (χ1) is 18.4. The van der Waals surface area contributed by atoms with Crippen LogP contribution in [0.25, 0.3) is 0 Å². The molecule has 0 aromatic heterocycles. The maximum Gasteiger partial charge on any atom is 0.249 e. The number of ether oxygens (including phenoxy) is 2. The first-order valence-electron chi connectivity index (χ1n) is 14.3. The zero-order valence-corrected chi connectivity index (χ0v) is 23.5. The van der Waals surface area contributed by atoms with Crippen molar-refractivity contribution in [2.45, 2.75) is 120 Å². The summed E-state index contributed by atoms with van der Waals surface area (Å²) in [7, 11) is 0. The average Bonchev–Trinajstić information content (AvgIpc) is 2.90. The predicted octanol–water partition coefficient (Wildman–Crippen LogP) is -3.13. The number of nitrogens with two attached hydrogens (primary N) is 4. The van der Waals surface area contributed by atoms with Crippen LogP contribution in [0.3, 0.4) is 0 Å². The monoisotopic (exact) mass is 563 g/mol. The third-order valence-electron chi connectivity index (χ3n) is 8.39. The fraction of sp³-hybridized carbons (Fsp3) is 0.962. The summed E-state index contributed by atoms with van der Waals surface area (Å²) >= 11 is 0. The van der Waals surface area contributed by atoms with Gasteiger partial charge in [-0.1, -0.05) is 27.2 Å². The van der Waals surface area contributed by atoms with Gasteiger partial charge in [-0.2, -0.15) is 0 Å². The van der Waals surface area contributed by atoms with Crippen molar-refractivity contribution in [2.24, 2.45) is 40.7 Å². The zero-order chi connectivity index (χ0) is 29.4. The third-order valence-corrected chi connectivity index (χ3v) is 8.39. The van der Waals surface area contributed by atoms with Gasteiger partial charge in [0.05, 0.1) is 36.5 Å². The molecule has 0 aromatic carbocycles. The molecule has 0 bridgehead atoms.